The summed E-state index contributed by atoms with van der Waals surface area (Å²) in [5, 5.41) is 1.33. The van der Waals surface area contributed by atoms with Gasteiger partial charge in [-0.2, -0.15) is 0 Å². The number of hydrogen-bond acceptors (Lipinski definition) is 3. The topological polar surface area (TPSA) is 68.1 Å². The van der Waals surface area contributed by atoms with Gasteiger partial charge in [0.15, 0.2) is 0 Å². The lowest BCUT2D eigenvalue weighted by atomic mass is 10.1. The van der Waals surface area contributed by atoms with E-state index in [0.717, 1.165) is 10.9 Å². The molecule has 2 rings (SSSR count). The second-order valence-electron chi connectivity index (χ2n) is 3.41. The smallest absolute Gasteiger partial charge is 0.327 e. The summed E-state index contributed by atoms with van der Waals surface area (Å²) in [5.41, 5.74) is 7.27. The van der Waals surface area contributed by atoms with Crippen LogP contribution in [-0.4, -0.2) is 18.1 Å². The fourth-order valence-corrected chi connectivity index (χ4v) is 1.95. The van der Waals surface area contributed by atoms with Crippen LogP contribution in [0.1, 0.15) is 11.6 Å². The molecule has 5 heteroatoms. The number of rotatable bonds is 2. The Morgan fingerprint density at radius 3 is 3.00 bits per heavy atom. The molecule has 0 aliphatic rings. The summed E-state index contributed by atoms with van der Waals surface area (Å²) in [7, 11) is 1.30. The van der Waals surface area contributed by atoms with Crippen LogP contribution in [0, 0.1) is 0 Å². The number of nitrogens with two attached hydrogens (primary N) is 1. The molecule has 1 unspecified atom stereocenters. The van der Waals surface area contributed by atoms with Crippen LogP contribution in [0.3, 0.4) is 0 Å². The molecule has 0 aliphatic carbocycles. The van der Waals surface area contributed by atoms with Crippen molar-refractivity contribution in [2.75, 3.05) is 7.11 Å². The van der Waals surface area contributed by atoms with E-state index >= 15 is 0 Å². The van der Waals surface area contributed by atoms with Crippen LogP contribution in [0.4, 0.5) is 0 Å². The van der Waals surface area contributed by atoms with Crippen molar-refractivity contribution in [1.82, 2.24) is 4.98 Å². The van der Waals surface area contributed by atoms with Gasteiger partial charge in [0, 0.05) is 22.7 Å². The van der Waals surface area contributed by atoms with Crippen LogP contribution in [0.5, 0.6) is 0 Å². The third-order valence-corrected chi connectivity index (χ3v) is 2.79. The van der Waals surface area contributed by atoms with Gasteiger partial charge in [0.1, 0.15) is 6.04 Å². The van der Waals surface area contributed by atoms with Gasteiger partial charge in [0.05, 0.1) is 12.1 Å². The second kappa shape index (κ2) is 4.15. The monoisotopic (exact) mass is 238 g/mol. The van der Waals surface area contributed by atoms with Gasteiger partial charge < -0.3 is 15.5 Å². The molecular weight excluding hydrogens is 228 g/mol. The zero-order chi connectivity index (χ0) is 11.7. The van der Waals surface area contributed by atoms with E-state index in [0.29, 0.717) is 10.6 Å². The fourth-order valence-electron chi connectivity index (χ4n) is 1.66. The maximum Gasteiger partial charge on any atom is 0.327 e. The number of methoxy groups -OCH3 is 1. The number of benzene rings is 1. The van der Waals surface area contributed by atoms with Crippen molar-refractivity contribution in [2.45, 2.75) is 6.04 Å². The quantitative estimate of drug-likeness (QED) is 0.787. The molecule has 0 radical (unpaired) electrons. The molecule has 0 saturated heterocycles. The Balaban J connectivity index is 2.57. The van der Waals surface area contributed by atoms with E-state index in [1.54, 1.807) is 12.3 Å². The molecule has 1 atom stereocenters. The summed E-state index contributed by atoms with van der Waals surface area (Å²) in [6.45, 7) is 0. The highest BCUT2D eigenvalue weighted by Crippen LogP contribution is 2.29. The van der Waals surface area contributed by atoms with Gasteiger partial charge in [-0.05, 0) is 12.1 Å². The number of carbonyl (C=O) groups excluding carboxylic acids is 1. The standard InChI is InChI=1S/C11H11ClN2O2/c1-16-11(15)10(13)6-5-14-8-4-2-3-7(12)9(6)8/h2-5,10,14H,13H2,1H3. The molecule has 0 aliphatic heterocycles. The normalized spacial score (nSPS) is 12.7. The highest BCUT2D eigenvalue weighted by molar-refractivity contribution is 6.35. The van der Waals surface area contributed by atoms with E-state index in [1.165, 1.54) is 7.11 Å². The van der Waals surface area contributed by atoms with Crippen LogP contribution < -0.4 is 5.73 Å². The van der Waals surface area contributed by atoms with Crippen molar-refractivity contribution in [3.8, 4) is 0 Å². The van der Waals surface area contributed by atoms with Gasteiger partial charge in [-0.3, -0.25) is 4.79 Å². The summed E-state index contributed by atoms with van der Waals surface area (Å²) < 4.78 is 4.60. The predicted octanol–water partition coefficient (Wildman–Crippen LogP) is 1.99. The number of esters is 1. The van der Waals surface area contributed by atoms with Crippen molar-refractivity contribution in [3.05, 3.63) is 35.0 Å². The van der Waals surface area contributed by atoms with Gasteiger partial charge in [-0.25, -0.2) is 0 Å². The third kappa shape index (κ3) is 1.66. The van der Waals surface area contributed by atoms with Crippen molar-refractivity contribution in [1.29, 1.82) is 0 Å². The molecule has 0 fully saturated rings. The number of carbonyl (C=O) groups is 1. The van der Waals surface area contributed by atoms with Gasteiger partial charge in [-0.1, -0.05) is 17.7 Å². The van der Waals surface area contributed by atoms with Crippen molar-refractivity contribution in [2.24, 2.45) is 5.73 Å². The Labute approximate surface area is 97.3 Å². The minimum Gasteiger partial charge on any atom is -0.468 e. The molecule has 0 saturated carbocycles. The molecule has 0 amide bonds. The Hall–Kier alpha value is -1.52. The van der Waals surface area contributed by atoms with E-state index in [9.17, 15) is 4.79 Å². The maximum atomic E-state index is 11.4. The summed E-state index contributed by atoms with van der Waals surface area (Å²) in [6.07, 6.45) is 1.68. The van der Waals surface area contributed by atoms with Gasteiger partial charge >= 0.3 is 5.97 Å². The summed E-state index contributed by atoms with van der Waals surface area (Å²) in [6, 6.07) is 4.63. The van der Waals surface area contributed by atoms with E-state index in [4.69, 9.17) is 17.3 Å². The molecule has 4 nitrogen and oxygen atoms in total. The predicted molar refractivity (Wildman–Crippen MR) is 62.3 cm³/mol. The number of H-pyrrole nitrogens is 1. The zero-order valence-electron chi connectivity index (χ0n) is 8.66. The second-order valence-corrected chi connectivity index (χ2v) is 3.81. The molecule has 3 N–H and O–H groups in total. The number of hydrogen-bond donors (Lipinski definition) is 2. The first kappa shape index (κ1) is 11.0. The highest BCUT2D eigenvalue weighted by Gasteiger charge is 2.20. The van der Waals surface area contributed by atoms with Gasteiger partial charge in [0.25, 0.3) is 0 Å². The van der Waals surface area contributed by atoms with Crippen LogP contribution in [0.25, 0.3) is 10.9 Å². The maximum absolute atomic E-state index is 11.4. The summed E-state index contributed by atoms with van der Waals surface area (Å²) >= 11 is 6.07. The molecule has 1 aromatic heterocycles. The summed E-state index contributed by atoms with van der Waals surface area (Å²) in [4.78, 5) is 14.4. The Bertz CT molecular complexity index is 536. The van der Waals surface area contributed by atoms with Crippen LogP contribution in [-0.2, 0) is 9.53 Å². The van der Waals surface area contributed by atoms with E-state index in [2.05, 4.69) is 9.72 Å². The number of nitrogens with one attached hydrogen (secondary N) is 1. The van der Waals surface area contributed by atoms with Crippen LogP contribution >= 0.6 is 11.6 Å². The number of ether oxygens (including phenoxy) is 1. The Morgan fingerprint density at radius 2 is 2.31 bits per heavy atom. The van der Waals surface area contributed by atoms with Crippen molar-refractivity contribution in [3.63, 3.8) is 0 Å². The van der Waals surface area contributed by atoms with E-state index < -0.39 is 12.0 Å². The lowest BCUT2D eigenvalue weighted by Crippen LogP contribution is -2.22. The number of halogens is 1. The van der Waals surface area contributed by atoms with Gasteiger partial charge in [0.2, 0.25) is 0 Å². The average molecular weight is 239 g/mol. The zero-order valence-corrected chi connectivity index (χ0v) is 9.41. The first-order valence-electron chi connectivity index (χ1n) is 4.74. The SMILES string of the molecule is COC(=O)C(N)c1c[nH]c2cccc(Cl)c12. The Kier molecular flexibility index (Phi) is 2.85. The largest absolute Gasteiger partial charge is 0.468 e. The third-order valence-electron chi connectivity index (χ3n) is 2.48. The van der Waals surface area contributed by atoms with Crippen LogP contribution in [0.2, 0.25) is 5.02 Å². The van der Waals surface area contributed by atoms with Crippen LogP contribution in [0.15, 0.2) is 24.4 Å². The van der Waals surface area contributed by atoms with E-state index in [1.807, 2.05) is 12.1 Å². The Morgan fingerprint density at radius 1 is 1.56 bits per heavy atom. The molecule has 1 aromatic carbocycles. The molecule has 2 aromatic rings. The lowest BCUT2D eigenvalue weighted by Gasteiger charge is -2.08. The van der Waals surface area contributed by atoms with Gasteiger partial charge in [-0.15, -0.1) is 0 Å². The molecule has 0 spiro atoms. The molecule has 84 valence electrons. The first-order chi connectivity index (χ1) is 7.65. The molecule has 16 heavy (non-hydrogen) atoms. The highest BCUT2D eigenvalue weighted by atomic mass is 35.5. The first-order valence-corrected chi connectivity index (χ1v) is 5.12. The van der Waals surface area contributed by atoms with Crippen molar-refractivity contribution >= 4 is 28.5 Å². The minimum atomic E-state index is -0.821. The average Bonchev–Trinajstić information content (AvgIpc) is 2.72. The number of fused-ring (bicyclic) bond motifs is 1. The molecule has 1 heterocycles. The van der Waals surface area contributed by atoms with Crippen molar-refractivity contribution < 1.29 is 9.53 Å². The molecular formula is C11H11ClN2O2. The molecule has 0 bridgehead atoms. The minimum absolute atomic E-state index is 0.485. The van der Waals surface area contributed by atoms with E-state index in [-0.39, 0.29) is 0 Å². The summed E-state index contributed by atoms with van der Waals surface area (Å²) in [5.74, 6) is -0.485. The lowest BCUT2D eigenvalue weighted by molar-refractivity contribution is -0.142. The fraction of sp³-hybridized carbons (Fsp3) is 0.182. The number of aromatic amines is 1. The number of aromatic nitrogens is 1.